The Bertz CT molecular complexity index is 283. The van der Waals surface area contributed by atoms with Crippen molar-refractivity contribution in [2.24, 2.45) is 0 Å². The van der Waals surface area contributed by atoms with Crippen LogP contribution in [0, 0.1) is 0 Å². The zero-order valence-corrected chi connectivity index (χ0v) is 7.78. The topological polar surface area (TPSA) is 56.2 Å². The standard InChI is InChI=1S/C8H13N3O2/c1-9-3-4-11-6-10-5-7(11)8(12)13-2/h5-6,9H,3-4H2,1-2H3. The molecule has 0 saturated carbocycles. The first-order chi connectivity index (χ1) is 6.29. The predicted octanol–water partition coefficient (Wildman–Crippen LogP) is -0.111. The van der Waals surface area contributed by atoms with E-state index in [0.717, 1.165) is 6.54 Å². The third kappa shape index (κ3) is 2.29. The molecule has 1 aromatic heterocycles. The second-order valence-corrected chi connectivity index (χ2v) is 2.57. The molecule has 0 aliphatic carbocycles. The monoisotopic (exact) mass is 183 g/mol. The van der Waals surface area contributed by atoms with Crippen LogP contribution in [0.1, 0.15) is 10.5 Å². The summed E-state index contributed by atoms with van der Waals surface area (Å²) in [5.74, 6) is -0.353. The smallest absolute Gasteiger partial charge is 0.356 e. The van der Waals surface area contributed by atoms with Gasteiger partial charge in [0.1, 0.15) is 5.69 Å². The van der Waals surface area contributed by atoms with Crippen molar-refractivity contribution in [1.82, 2.24) is 14.9 Å². The van der Waals surface area contributed by atoms with Crippen LogP contribution in [0.15, 0.2) is 12.5 Å². The first-order valence-corrected chi connectivity index (χ1v) is 4.02. The van der Waals surface area contributed by atoms with E-state index in [1.807, 2.05) is 7.05 Å². The second kappa shape index (κ2) is 4.61. The molecule has 1 aromatic rings. The molecule has 0 spiro atoms. The van der Waals surface area contributed by atoms with Crippen LogP contribution in [0.5, 0.6) is 0 Å². The SMILES string of the molecule is CNCCn1cncc1C(=O)OC. The molecule has 0 atom stereocenters. The van der Waals surface area contributed by atoms with Crippen molar-refractivity contribution in [2.45, 2.75) is 6.54 Å². The van der Waals surface area contributed by atoms with Gasteiger partial charge in [-0.1, -0.05) is 0 Å². The van der Waals surface area contributed by atoms with Crippen LogP contribution < -0.4 is 5.32 Å². The number of likely N-dealkylation sites (N-methyl/N-ethyl adjacent to an activating group) is 1. The van der Waals surface area contributed by atoms with Crippen molar-refractivity contribution in [3.8, 4) is 0 Å². The highest BCUT2D eigenvalue weighted by molar-refractivity contribution is 5.87. The molecule has 1 rings (SSSR count). The summed E-state index contributed by atoms with van der Waals surface area (Å²) >= 11 is 0. The minimum Gasteiger partial charge on any atom is -0.464 e. The van der Waals surface area contributed by atoms with Gasteiger partial charge in [0, 0.05) is 13.1 Å². The van der Waals surface area contributed by atoms with Crippen LogP contribution in [0.2, 0.25) is 0 Å². The number of ether oxygens (including phenoxy) is 1. The van der Waals surface area contributed by atoms with Gasteiger partial charge in [0.15, 0.2) is 0 Å². The lowest BCUT2D eigenvalue weighted by atomic mass is 10.4. The van der Waals surface area contributed by atoms with Crippen LogP contribution in [0.4, 0.5) is 0 Å². The van der Waals surface area contributed by atoms with E-state index >= 15 is 0 Å². The molecule has 5 nitrogen and oxygen atoms in total. The maximum absolute atomic E-state index is 11.2. The molecule has 0 aliphatic rings. The largest absolute Gasteiger partial charge is 0.464 e. The number of carbonyl (C=O) groups excluding carboxylic acids is 1. The minimum absolute atomic E-state index is 0.353. The number of methoxy groups -OCH3 is 1. The van der Waals surface area contributed by atoms with Gasteiger partial charge in [-0.3, -0.25) is 0 Å². The van der Waals surface area contributed by atoms with Crippen molar-refractivity contribution in [1.29, 1.82) is 0 Å². The van der Waals surface area contributed by atoms with E-state index in [1.54, 1.807) is 10.9 Å². The molecule has 72 valence electrons. The van der Waals surface area contributed by atoms with E-state index in [9.17, 15) is 4.79 Å². The lowest BCUT2D eigenvalue weighted by Gasteiger charge is -2.05. The zero-order chi connectivity index (χ0) is 9.68. The fourth-order valence-electron chi connectivity index (χ4n) is 1.01. The molecule has 0 aliphatic heterocycles. The van der Waals surface area contributed by atoms with E-state index in [2.05, 4.69) is 15.0 Å². The van der Waals surface area contributed by atoms with Gasteiger partial charge in [-0.2, -0.15) is 0 Å². The maximum Gasteiger partial charge on any atom is 0.356 e. The Labute approximate surface area is 76.7 Å². The van der Waals surface area contributed by atoms with E-state index in [-0.39, 0.29) is 5.97 Å². The van der Waals surface area contributed by atoms with Crippen molar-refractivity contribution in [3.63, 3.8) is 0 Å². The van der Waals surface area contributed by atoms with E-state index in [4.69, 9.17) is 0 Å². The van der Waals surface area contributed by atoms with Gasteiger partial charge in [0.05, 0.1) is 19.6 Å². The Hall–Kier alpha value is -1.36. The van der Waals surface area contributed by atoms with Gasteiger partial charge in [-0.15, -0.1) is 0 Å². The summed E-state index contributed by atoms with van der Waals surface area (Å²) in [5.41, 5.74) is 0.484. The van der Waals surface area contributed by atoms with Crippen molar-refractivity contribution < 1.29 is 9.53 Å². The Morgan fingerprint density at radius 3 is 3.15 bits per heavy atom. The average molecular weight is 183 g/mol. The summed E-state index contributed by atoms with van der Waals surface area (Å²) in [6.07, 6.45) is 3.12. The number of aromatic nitrogens is 2. The molecule has 5 heteroatoms. The molecule has 0 radical (unpaired) electrons. The highest BCUT2D eigenvalue weighted by atomic mass is 16.5. The van der Waals surface area contributed by atoms with E-state index < -0.39 is 0 Å². The summed E-state index contributed by atoms with van der Waals surface area (Å²) in [6, 6.07) is 0. The molecular formula is C8H13N3O2. The van der Waals surface area contributed by atoms with Gasteiger partial charge in [0.25, 0.3) is 0 Å². The van der Waals surface area contributed by atoms with Gasteiger partial charge in [-0.25, -0.2) is 9.78 Å². The van der Waals surface area contributed by atoms with Crippen LogP contribution in [-0.2, 0) is 11.3 Å². The van der Waals surface area contributed by atoms with Crippen LogP contribution in [0.3, 0.4) is 0 Å². The summed E-state index contributed by atoms with van der Waals surface area (Å²) in [4.78, 5) is 15.0. The number of nitrogens with one attached hydrogen (secondary N) is 1. The first-order valence-electron chi connectivity index (χ1n) is 4.02. The Kier molecular flexibility index (Phi) is 3.45. The molecular weight excluding hydrogens is 170 g/mol. The summed E-state index contributed by atoms with van der Waals surface area (Å²) in [6.45, 7) is 1.50. The number of hydrogen-bond acceptors (Lipinski definition) is 4. The van der Waals surface area contributed by atoms with E-state index in [1.165, 1.54) is 13.3 Å². The fourth-order valence-corrected chi connectivity index (χ4v) is 1.01. The minimum atomic E-state index is -0.353. The van der Waals surface area contributed by atoms with Crippen molar-refractivity contribution >= 4 is 5.97 Å². The van der Waals surface area contributed by atoms with E-state index in [0.29, 0.717) is 12.2 Å². The Morgan fingerprint density at radius 1 is 1.77 bits per heavy atom. The summed E-state index contributed by atoms with van der Waals surface area (Å²) in [5, 5.41) is 2.99. The Balaban J connectivity index is 2.71. The third-order valence-electron chi connectivity index (χ3n) is 1.71. The zero-order valence-electron chi connectivity index (χ0n) is 7.78. The molecule has 0 unspecified atom stereocenters. The molecule has 13 heavy (non-hydrogen) atoms. The fraction of sp³-hybridized carbons (Fsp3) is 0.500. The van der Waals surface area contributed by atoms with Crippen LogP contribution in [0.25, 0.3) is 0 Å². The number of carbonyl (C=O) groups is 1. The Morgan fingerprint density at radius 2 is 2.54 bits per heavy atom. The van der Waals surface area contributed by atoms with Crippen molar-refractivity contribution in [3.05, 3.63) is 18.2 Å². The second-order valence-electron chi connectivity index (χ2n) is 2.57. The van der Waals surface area contributed by atoms with Crippen LogP contribution in [-0.4, -0.2) is 36.2 Å². The molecule has 0 aromatic carbocycles. The molecule has 1 heterocycles. The lowest BCUT2D eigenvalue weighted by Crippen LogP contribution is -2.18. The number of imidazole rings is 1. The normalized spacial score (nSPS) is 10.0. The number of rotatable bonds is 4. The molecule has 0 bridgehead atoms. The van der Waals surface area contributed by atoms with Gasteiger partial charge in [0.2, 0.25) is 0 Å². The van der Waals surface area contributed by atoms with Gasteiger partial charge >= 0.3 is 5.97 Å². The van der Waals surface area contributed by atoms with Gasteiger partial charge < -0.3 is 14.6 Å². The lowest BCUT2D eigenvalue weighted by molar-refractivity contribution is 0.0588. The molecule has 1 N–H and O–H groups in total. The highest BCUT2D eigenvalue weighted by Gasteiger charge is 2.10. The average Bonchev–Trinajstić information content (AvgIpc) is 2.61. The molecule has 0 fully saturated rings. The maximum atomic E-state index is 11.2. The predicted molar refractivity (Wildman–Crippen MR) is 47.5 cm³/mol. The molecule has 0 amide bonds. The van der Waals surface area contributed by atoms with Crippen LogP contribution >= 0.6 is 0 Å². The number of esters is 1. The third-order valence-corrected chi connectivity index (χ3v) is 1.71. The summed E-state index contributed by atoms with van der Waals surface area (Å²) in [7, 11) is 3.21. The quantitative estimate of drug-likeness (QED) is 0.662. The molecule has 0 saturated heterocycles. The highest BCUT2D eigenvalue weighted by Crippen LogP contribution is 2.00. The summed E-state index contributed by atoms with van der Waals surface area (Å²) < 4.78 is 6.35. The first kappa shape index (κ1) is 9.73. The van der Waals surface area contributed by atoms with Gasteiger partial charge in [-0.05, 0) is 7.05 Å². The number of hydrogen-bond donors (Lipinski definition) is 1. The number of nitrogens with zero attached hydrogens (tertiary/aromatic N) is 2. The van der Waals surface area contributed by atoms with Crippen molar-refractivity contribution in [2.75, 3.05) is 20.7 Å².